The summed E-state index contributed by atoms with van der Waals surface area (Å²) < 4.78 is 18.2. The van der Waals surface area contributed by atoms with E-state index in [1.807, 2.05) is 64.1 Å². The minimum atomic E-state index is -0.685. The number of aromatic nitrogens is 3. The highest BCUT2D eigenvalue weighted by Crippen LogP contribution is 2.55. The van der Waals surface area contributed by atoms with E-state index in [1.54, 1.807) is 47.7 Å². The summed E-state index contributed by atoms with van der Waals surface area (Å²) in [4.78, 5) is 57.4. The monoisotopic (exact) mass is 1280 g/mol. The van der Waals surface area contributed by atoms with Crippen molar-refractivity contribution in [2.75, 3.05) is 82.0 Å². The van der Waals surface area contributed by atoms with E-state index in [0.29, 0.717) is 59.1 Å². The molecular formula is C66H83Cl3FN12O3PS. The molecule has 15 nitrogen and oxygen atoms in total. The molecule has 0 saturated carbocycles. The molecule has 0 bridgehead atoms. The summed E-state index contributed by atoms with van der Waals surface area (Å²) in [5.74, 6) is 0.239. The van der Waals surface area contributed by atoms with Crippen LogP contribution in [-0.4, -0.2) is 148 Å². The van der Waals surface area contributed by atoms with Gasteiger partial charge in [-0.3, -0.25) is 33.8 Å². The van der Waals surface area contributed by atoms with Gasteiger partial charge in [0.1, 0.15) is 23.2 Å². The van der Waals surface area contributed by atoms with E-state index >= 15 is 4.39 Å². The highest BCUT2D eigenvalue weighted by molar-refractivity contribution is 7.65. The topological polar surface area (TPSA) is 178 Å². The fourth-order valence-electron chi connectivity index (χ4n) is 13.1. The number of nitrogens with one attached hydrogen (secondary N) is 3. The van der Waals surface area contributed by atoms with Crippen molar-refractivity contribution in [1.29, 1.82) is 0 Å². The molecule has 5 aliphatic heterocycles. The summed E-state index contributed by atoms with van der Waals surface area (Å²) in [6, 6.07) is 22.3. The number of aliphatic imine (C=N–C) groups is 2. The van der Waals surface area contributed by atoms with Gasteiger partial charge in [0.15, 0.2) is 5.82 Å². The van der Waals surface area contributed by atoms with E-state index in [9.17, 15) is 14.4 Å². The molecule has 6 aromatic rings. The van der Waals surface area contributed by atoms with Gasteiger partial charge < -0.3 is 31.5 Å². The van der Waals surface area contributed by atoms with Crippen molar-refractivity contribution in [1.82, 2.24) is 40.1 Å². The number of rotatable bonds is 19. The van der Waals surface area contributed by atoms with Crippen LogP contribution in [0.5, 0.6) is 0 Å². The Kier molecular flexibility index (Phi) is 21.5. The molecular weight excluding hydrogens is 1200 g/mol. The van der Waals surface area contributed by atoms with Crippen LogP contribution < -0.4 is 21.7 Å². The van der Waals surface area contributed by atoms with Gasteiger partial charge >= 0.3 is 0 Å². The minimum absolute atomic E-state index is 0.00389. The first-order valence-corrected chi connectivity index (χ1v) is 34.1. The molecule has 2 aromatic heterocycles. The zero-order chi connectivity index (χ0) is 62.5. The van der Waals surface area contributed by atoms with Crippen molar-refractivity contribution in [3.05, 3.63) is 155 Å². The number of piperazine rings is 1. The van der Waals surface area contributed by atoms with E-state index in [-0.39, 0.29) is 41.6 Å². The van der Waals surface area contributed by atoms with E-state index < -0.39 is 23.8 Å². The molecule has 4 atom stereocenters. The predicted octanol–water partition coefficient (Wildman–Crippen LogP) is 12.7. The number of anilines is 2. The molecule has 3 fully saturated rings. The Hall–Kier alpha value is -5.62. The zero-order valence-corrected chi connectivity index (χ0v) is 55.7. The first kappa shape index (κ1) is 65.8. The third-order valence-corrected chi connectivity index (χ3v) is 20.9. The minimum Gasteiger partial charge on any atom is -0.398 e. The molecule has 4 unspecified atom stereocenters. The first-order chi connectivity index (χ1) is 41.6. The second kappa shape index (κ2) is 28.5. The van der Waals surface area contributed by atoms with E-state index in [1.165, 1.54) is 22.1 Å². The fourth-order valence-corrected chi connectivity index (χ4v) is 16.5. The normalized spacial score (nSPS) is 19.5. The summed E-state index contributed by atoms with van der Waals surface area (Å²) in [6.45, 7) is 29.0. The lowest BCUT2D eigenvalue weighted by atomic mass is 9.74. The van der Waals surface area contributed by atoms with Gasteiger partial charge in [0.25, 0.3) is 5.91 Å². The molecule has 3 saturated heterocycles. The molecule has 21 heteroatoms. The molecule has 0 radical (unpaired) electrons. The van der Waals surface area contributed by atoms with Crippen LogP contribution in [0.25, 0.3) is 5.00 Å². The van der Waals surface area contributed by atoms with Gasteiger partial charge in [-0.2, -0.15) is 0 Å². The molecule has 5 N–H and O–H groups in total. The molecule has 464 valence electrons. The number of nitrogens with two attached hydrogens (primary N) is 1. The van der Waals surface area contributed by atoms with Gasteiger partial charge in [-0.25, -0.2) is 4.39 Å². The molecule has 4 aromatic carbocycles. The average molecular weight is 1280 g/mol. The van der Waals surface area contributed by atoms with Crippen molar-refractivity contribution in [3.8, 4) is 5.00 Å². The maximum Gasteiger partial charge on any atom is 0.251 e. The highest BCUT2D eigenvalue weighted by Gasteiger charge is 2.56. The van der Waals surface area contributed by atoms with E-state index in [0.717, 1.165) is 121 Å². The van der Waals surface area contributed by atoms with Gasteiger partial charge in [-0.1, -0.05) is 121 Å². The van der Waals surface area contributed by atoms with E-state index in [4.69, 9.17) is 50.5 Å². The molecule has 7 heterocycles. The number of fused-ring (bicyclic) bond motifs is 4. The van der Waals surface area contributed by atoms with Crippen molar-refractivity contribution in [3.63, 3.8) is 0 Å². The molecule has 87 heavy (non-hydrogen) atoms. The van der Waals surface area contributed by atoms with Crippen molar-refractivity contribution >= 4 is 95.1 Å². The number of carbonyl (C=O) groups excluding carboxylic acids is 3. The van der Waals surface area contributed by atoms with Gasteiger partial charge in [-0.05, 0) is 129 Å². The number of carbonyl (C=O) groups is 3. The SMILES string of the molecule is CC.Cc1c(C(=O)NCC(C)(C)CC(C)(C)CN2CCN(CCCNC=O)CC2)ccc(C2=NC3C(c4cccc(Cl)c4F)C(C(=O)Nc4cccc(Cl)c4)N(CP4CC4)C3C2)c1N.Cc1sc2c(c1C)C(c1ccc(Cl)cc1)=NCc1nnc(C)n1-2. The number of nitrogens with zero attached hydrogens (tertiary/aromatic N) is 8. The number of hydrogen-bond acceptors (Lipinski definition) is 12. The molecule has 3 amide bonds. The van der Waals surface area contributed by atoms with Crippen LogP contribution in [0.15, 0.2) is 88.8 Å². The summed E-state index contributed by atoms with van der Waals surface area (Å²) in [7, 11) is -0.252. The lowest BCUT2D eigenvalue weighted by molar-refractivity contribution is -0.120. The number of halogens is 4. The second-order valence-electron chi connectivity index (χ2n) is 24.8. The molecule has 11 rings (SSSR count). The van der Waals surface area contributed by atoms with Gasteiger partial charge in [0.05, 0.1) is 22.8 Å². The Morgan fingerprint density at radius 1 is 0.874 bits per heavy atom. The summed E-state index contributed by atoms with van der Waals surface area (Å²) in [6.07, 6.45) is 6.22. The Morgan fingerprint density at radius 2 is 1.59 bits per heavy atom. The maximum absolute atomic E-state index is 16.0. The third-order valence-electron chi connectivity index (χ3n) is 17.1. The van der Waals surface area contributed by atoms with Crippen molar-refractivity contribution in [2.45, 2.75) is 119 Å². The van der Waals surface area contributed by atoms with E-state index in [2.05, 4.69) is 87.0 Å². The highest BCUT2D eigenvalue weighted by atomic mass is 35.5. The quantitative estimate of drug-likeness (QED) is 0.0266. The Bertz CT molecular complexity index is 3520. The number of aryl methyl sites for hydroxylation is 2. The smallest absolute Gasteiger partial charge is 0.251 e. The van der Waals surface area contributed by atoms with Gasteiger partial charge in [0.2, 0.25) is 12.3 Å². The van der Waals surface area contributed by atoms with Gasteiger partial charge in [0, 0.05) is 125 Å². The van der Waals surface area contributed by atoms with Crippen LogP contribution in [0.2, 0.25) is 15.1 Å². The molecule has 0 aliphatic carbocycles. The largest absolute Gasteiger partial charge is 0.398 e. The Balaban J connectivity index is 0.000000298. The lowest BCUT2D eigenvalue weighted by Gasteiger charge is -2.41. The summed E-state index contributed by atoms with van der Waals surface area (Å²) >= 11 is 20.5. The van der Waals surface area contributed by atoms with Crippen LogP contribution in [0.1, 0.15) is 127 Å². The second-order valence-corrected chi connectivity index (χ2v) is 29.8. The number of nitrogen functional groups attached to an aromatic ring is 1. The number of thiophene rings is 1. The number of amides is 3. The average Bonchev–Trinajstić information content (AvgIpc) is 1.87. The number of likely N-dealkylation sites (tertiary alicyclic amines) is 1. The summed E-state index contributed by atoms with van der Waals surface area (Å²) in [5, 5.41) is 19.9. The van der Waals surface area contributed by atoms with Crippen molar-refractivity contribution in [2.24, 2.45) is 20.8 Å². The van der Waals surface area contributed by atoms with Crippen molar-refractivity contribution < 1.29 is 18.8 Å². The maximum atomic E-state index is 16.0. The van der Waals surface area contributed by atoms with Crippen LogP contribution in [0.3, 0.4) is 0 Å². The molecule has 0 spiro atoms. The fraction of sp³-hybridized carbons (Fsp3) is 0.470. The van der Waals surface area contributed by atoms with Gasteiger partial charge in [-0.15, -0.1) is 21.5 Å². The molecule has 5 aliphatic rings. The Labute approximate surface area is 532 Å². The summed E-state index contributed by atoms with van der Waals surface area (Å²) in [5.41, 5.74) is 15.5. The first-order valence-electron chi connectivity index (χ1n) is 30.3. The predicted molar refractivity (Wildman–Crippen MR) is 357 cm³/mol. The number of hydrogen-bond donors (Lipinski definition) is 4. The van der Waals surface area contributed by atoms with Crippen LogP contribution >= 0.6 is 54.1 Å². The third kappa shape index (κ3) is 15.3. The zero-order valence-electron chi connectivity index (χ0n) is 51.7. The van der Waals surface area contributed by atoms with Crippen LogP contribution in [0.4, 0.5) is 15.8 Å². The number of benzene rings is 4. The standard InChI is InChI=1S/C47H62Cl2FN8O3P.C17H15ClN4S.C2H6/c1-30-33(44(60)53-26-46(2,3)25-47(4,5)27-57-19-17-56(18-20-57)16-8-15-52-28-59)13-14-34(41(30)51)37-24-38-42(55-37)39(35-11-7-12-36(49)40(35)50)43(58(38)29-62-21-22-62)45(61)54-32-10-6-9-31(48)23-32;1-9-10(2)23-17-15(9)16(12-4-6-13(18)7-5-12)19-8-14-21-20-11(3)22(14)17;1-2/h6-7,9-14,23,28,38-39,42-43H,8,15-22,24-27,29,51H2,1-5H3,(H,52,59)(H,53,60)(H,54,61);4-7H,8H2,1-3H3;1-2H3. The Morgan fingerprint density at radius 3 is 2.29 bits per heavy atom. The van der Waals surface area contributed by atoms with Crippen LogP contribution in [0, 0.1) is 44.3 Å². The lowest BCUT2D eigenvalue weighted by Crippen LogP contribution is -2.50. The van der Waals surface area contributed by atoms with Crippen LogP contribution in [-0.2, 0) is 16.1 Å².